The van der Waals surface area contributed by atoms with Gasteiger partial charge in [0.1, 0.15) is 19.0 Å². The molecular weight excluding hydrogens is 266 g/mol. The molecule has 0 bridgehead atoms. The summed E-state index contributed by atoms with van der Waals surface area (Å²) >= 11 is 0. The van der Waals surface area contributed by atoms with Crippen molar-refractivity contribution in [1.82, 2.24) is 15.3 Å². The molecule has 0 saturated heterocycles. The standard InChI is InChI=1S/C16H21N3O2/c1-2-5-17-13(11-16-18-6-7-19-16)12-3-4-14-15(10-12)21-9-8-20-14/h3-4,6-7,10,13,17H,2,5,8-9,11H2,1H3,(H,18,19). The fraction of sp³-hybridized carbons (Fsp3) is 0.438. The highest BCUT2D eigenvalue weighted by Crippen LogP contribution is 2.33. The molecule has 1 aromatic carbocycles. The number of ether oxygens (including phenoxy) is 2. The van der Waals surface area contributed by atoms with Crippen molar-refractivity contribution in [2.45, 2.75) is 25.8 Å². The lowest BCUT2D eigenvalue weighted by Gasteiger charge is -2.22. The first-order valence-electron chi connectivity index (χ1n) is 7.48. The molecule has 1 aliphatic rings. The second kappa shape index (κ2) is 6.63. The Labute approximate surface area is 124 Å². The monoisotopic (exact) mass is 287 g/mol. The third-order valence-corrected chi connectivity index (χ3v) is 3.56. The van der Waals surface area contributed by atoms with Crippen LogP contribution in [0.15, 0.2) is 30.6 Å². The van der Waals surface area contributed by atoms with E-state index in [2.05, 4.69) is 34.3 Å². The van der Waals surface area contributed by atoms with Gasteiger partial charge in [-0.2, -0.15) is 0 Å². The summed E-state index contributed by atoms with van der Waals surface area (Å²) in [6.07, 6.45) is 5.57. The van der Waals surface area contributed by atoms with E-state index in [9.17, 15) is 0 Å². The Kier molecular flexibility index (Phi) is 4.40. The summed E-state index contributed by atoms with van der Waals surface area (Å²) in [6, 6.07) is 6.38. The first kappa shape index (κ1) is 13.9. The van der Waals surface area contributed by atoms with Gasteiger partial charge in [0, 0.05) is 24.9 Å². The summed E-state index contributed by atoms with van der Waals surface area (Å²) in [5.74, 6) is 2.65. The number of rotatable bonds is 6. The van der Waals surface area contributed by atoms with Crippen LogP contribution >= 0.6 is 0 Å². The van der Waals surface area contributed by atoms with Crippen molar-refractivity contribution in [2.75, 3.05) is 19.8 Å². The zero-order chi connectivity index (χ0) is 14.5. The van der Waals surface area contributed by atoms with Crippen molar-refractivity contribution in [3.63, 3.8) is 0 Å². The number of hydrogen-bond acceptors (Lipinski definition) is 4. The van der Waals surface area contributed by atoms with E-state index in [1.165, 1.54) is 5.56 Å². The van der Waals surface area contributed by atoms with Gasteiger partial charge in [-0.1, -0.05) is 13.0 Å². The van der Waals surface area contributed by atoms with E-state index in [0.29, 0.717) is 13.2 Å². The Hall–Kier alpha value is -2.01. The van der Waals surface area contributed by atoms with Gasteiger partial charge in [-0.3, -0.25) is 0 Å². The molecule has 0 spiro atoms. The quantitative estimate of drug-likeness (QED) is 0.857. The Morgan fingerprint density at radius 3 is 2.90 bits per heavy atom. The van der Waals surface area contributed by atoms with Crippen LogP contribution in [-0.2, 0) is 6.42 Å². The third kappa shape index (κ3) is 3.36. The van der Waals surface area contributed by atoms with Gasteiger partial charge >= 0.3 is 0 Å². The lowest BCUT2D eigenvalue weighted by molar-refractivity contribution is 0.171. The third-order valence-electron chi connectivity index (χ3n) is 3.56. The SMILES string of the molecule is CCCNC(Cc1ncc[nH]1)c1ccc2c(c1)OCCO2. The fourth-order valence-electron chi connectivity index (χ4n) is 2.51. The van der Waals surface area contributed by atoms with E-state index in [-0.39, 0.29) is 6.04 Å². The zero-order valence-electron chi connectivity index (χ0n) is 12.3. The molecule has 5 nitrogen and oxygen atoms in total. The molecule has 1 atom stereocenters. The number of hydrogen-bond donors (Lipinski definition) is 2. The molecule has 0 saturated carbocycles. The maximum absolute atomic E-state index is 5.68. The van der Waals surface area contributed by atoms with Crippen molar-refractivity contribution in [2.24, 2.45) is 0 Å². The van der Waals surface area contributed by atoms with E-state index in [0.717, 1.165) is 36.7 Å². The highest BCUT2D eigenvalue weighted by atomic mass is 16.6. The number of nitrogens with one attached hydrogen (secondary N) is 2. The molecule has 0 radical (unpaired) electrons. The summed E-state index contributed by atoms with van der Waals surface area (Å²) in [4.78, 5) is 7.49. The highest BCUT2D eigenvalue weighted by Gasteiger charge is 2.17. The van der Waals surface area contributed by atoms with Crippen molar-refractivity contribution >= 4 is 0 Å². The first-order chi connectivity index (χ1) is 10.4. The summed E-state index contributed by atoms with van der Waals surface area (Å²) in [5, 5.41) is 3.57. The van der Waals surface area contributed by atoms with Crippen LogP contribution in [0, 0.1) is 0 Å². The van der Waals surface area contributed by atoms with Crippen LogP contribution < -0.4 is 14.8 Å². The van der Waals surface area contributed by atoms with Crippen molar-refractivity contribution in [3.05, 3.63) is 42.0 Å². The minimum absolute atomic E-state index is 0.215. The van der Waals surface area contributed by atoms with Crippen LogP contribution in [0.4, 0.5) is 0 Å². The fourth-order valence-corrected chi connectivity index (χ4v) is 2.51. The topological polar surface area (TPSA) is 59.2 Å². The Bertz CT molecular complexity index is 569. The number of aromatic nitrogens is 2. The number of H-pyrrole nitrogens is 1. The molecule has 0 fully saturated rings. The second-order valence-corrected chi connectivity index (χ2v) is 5.15. The highest BCUT2D eigenvalue weighted by molar-refractivity contribution is 5.44. The van der Waals surface area contributed by atoms with Crippen molar-refractivity contribution in [1.29, 1.82) is 0 Å². The zero-order valence-corrected chi connectivity index (χ0v) is 12.3. The van der Waals surface area contributed by atoms with E-state index < -0.39 is 0 Å². The van der Waals surface area contributed by atoms with Gasteiger partial charge in [-0.15, -0.1) is 0 Å². The molecule has 3 rings (SSSR count). The number of aromatic amines is 1. The molecule has 2 aromatic rings. The van der Waals surface area contributed by atoms with Crippen molar-refractivity contribution in [3.8, 4) is 11.5 Å². The largest absolute Gasteiger partial charge is 0.486 e. The molecule has 2 heterocycles. The summed E-state index contributed by atoms with van der Waals surface area (Å²) in [5.41, 5.74) is 1.20. The van der Waals surface area contributed by atoms with Crippen LogP contribution in [0.5, 0.6) is 11.5 Å². The number of benzene rings is 1. The first-order valence-corrected chi connectivity index (χ1v) is 7.48. The Morgan fingerprint density at radius 1 is 1.29 bits per heavy atom. The van der Waals surface area contributed by atoms with Gasteiger partial charge in [-0.05, 0) is 30.7 Å². The second-order valence-electron chi connectivity index (χ2n) is 5.15. The normalized spacial score (nSPS) is 14.9. The molecule has 1 unspecified atom stereocenters. The summed E-state index contributed by atoms with van der Waals surface area (Å²) < 4.78 is 11.3. The molecule has 21 heavy (non-hydrogen) atoms. The van der Waals surface area contributed by atoms with Crippen LogP contribution in [-0.4, -0.2) is 29.7 Å². The average molecular weight is 287 g/mol. The van der Waals surface area contributed by atoms with Gasteiger partial charge in [0.25, 0.3) is 0 Å². The number of fused-ring (bicyclic) bond motifs is 1. The maximum Gasteiger partial charge on any atom is 0.161 e. The van der Waals surface area contributed by atoms with Gasteiger partial charge in [0.05, 0.1) is 0 Å². The van der Waals surface area contributed by atoms with Crippen LogP contribution in [0.2, 0.25) is 0 Å². The smallest absolute Gasteiger partial charge is 0.161 e. The molecular formula is C16H21N3O2. The van der Waals surface area contributed by atoms with Gasteiger partial charge in [0.2, 0.25) is 0 Å². The predicted molar refractivity (Wildman–Crippen MR) is 80.8 cm³/mol. The number of nitrogens with zero attached hydrogens (tertiary/aromatic N) is 1. The summed E-state index contributed by atoms with van der Waals surface area (Å²) in [7, 11) is 0. The lowest BCUT2D eigenvalue weighted by atomic mass is 10.0. The molecule has 0 aliphatic carbocycles. The van der Waals surface area contributed by atoms with E-state index in [1.54, 1.807) is 6.20 Å². The average Bonchev–Trinajstić information content (AvgIpc) is 3.04. The minimum atomic E-state index is 0.215. The van der Waals surface area contributed by atoms with Crippen molar-refractivity contribution < 1.29 is 9.47 Å². The van der Waals surface area contributed by atoms with E-state index in [1.807, 2.05) is 12.3 Å². The van der Waals surface area contributed by atoms with Gasteiger partial charge < -0.3 is 19.8 Å². The summed E-state index contributed by atoms with van der Waals surface area (Å²) in [6.45, 7) is 4.37. The van der Waals surface area contributed by atoms with Gasteiger partial charge in [-0.25, -0.2) is 4.98 Å². The molecule has 112 valence electrons. The molecule has 0 amide bonds. The molecule has 5 heteroatoms. The molecule has 1 aliphatic heterocycles. The van der Waals surface area contributed by atoms with Crippen LogP contribution in [0.3, 0.4) is 0 Å². The van der Waals surface area contributed by atoms with Crippen LogP contribution in [0.25, 0.3) is 0 Å². The molecule has 1 aromatic heterocycles. The predicted octanol–water partition coefficient (Wildman–Crippen LogP) is 2.46. The van der Waals surface area contributed by atoms with E-state index in [4.69, 9.17) is 9.47 Å². The maximum atomic E-state index is 5.68. The Balaban J connectivity index is 1.81. The van der Waals surface area contributed by atoms with E-state index >= 15 is 0 Å². The Morgan fingerprint density at radius 2 is 2.14 bits per heavy atom. The minimum Gasteiger partial charge on any atom is -0.486 e. The number of imidazole rings is 1. The van der Waals surface area contributed by atoms with Gasteiger partial charge in [0.15, 0.2) is 11.5 Å². The van der Waals surface area contributed by atoms with Crippen LogP contribution in [0.1, 0.15) is 30.8 Å². The molecule has 2 N–H and O–H groups in total. The lowest BCUT2D eigenvalue weighted by Crippen LogP contribution is -2.25.